The average Bonchev–Trinajstić information content (AvgIpc) is 2.53. The Hall–Kier alpha value is -2.21. The van der Waals surface area contributed by atoms with Crippen LogP contribution < -0.4 is 0 Å². The molecule has 0 saturated heterocycles. The Kier molecular flexibility index (Phi) is 5.29. The van der Waals surface area contributed by atoms with E-state index < -0.39 is 17.3 Å². The van der Waals surface area contributed by atoms with Crippen molar-refractivity contribution in [1.82, 2.24) is 0 Å². The number of allylic oxidation sites excluding steroid dienone is 4. The van der Waals surface area contributed by atoms with Gasteiger partial charge in [-0.1, -0.05) is 12.1 Å². The van der Waals surface area contributed by atoms with E-state index in [1.54, 1.807) is 20.8 Å². The Morgan fingerprint density at radius 3 is 1.88 bits per heavy atom. The zero-order valence-corrected chi connectivity index (χ0v) is 15.1. The predicted octanol–water partition coefficient (Wildman–Crippen LogP) is 4.50. The number of alkyl halides is 3. The van der Waals surface area contributed by atoms with Crippen LogP contribution in [0.25, 0.3) is 5.57 Å². The number of rotatable bonds is 4. The van der Waals surface area contributed by atoms with Crippen molar-refractivity contribution in [1.29, 1.82) is 0 Å². The third kappa shape index (κ3) is 4.12. The lowest BCUT2D eigenvalue weighted by atomic mass is 9.79. The smallest absolute Gasteiger partial charge is 0.390 e. The van der Waals surface area contributed by atoms with Gasteiger partial charge in [-0.15, -0.1) is 0 Å². The zero-order chi connectivity index (χ0) is 19.9. The lowest BCUT2D eigenvalue weighted by molar-refractivity contribution is -0.137. The molecule has 0 bridgehead atoms. The molecule has 0 unspecified atom stereocenters. The first kappa shape index (κ1) is 20.1. The largest absolute Gasteiger partial charge is 0.416 e. The van der Waals surface area contributed by atoms with Crippen LogP contribution in [0.5, 0.6) is 0 Å². The van der Waals surface area contributed by atoms with Crippen LogP contribution in [0.1, 0.15) is 51.7 Å². The third-order valence-corrected chi connectivity index (χ3v) is 4.53. The summed E-state index contributed by atoms with van der Waals surface area (Å²) in [6.07, 6.45) is -4.07. The number of benzene rings is 1. The first-order valence-corrected chi connectivity index (χ1v) is 8.23. The van der Waals surface area contributed by atoms with Crippen molar-refractivity contribution in [3.05, 3.63) is 52.1 Å². The van der Waals surface area contributed by atoms with Gasteiger partial charge in [0.05, 0.1) is 11.2 Å². The Bertz CT molecular complexity index is 804. The zero-order valence-electron chi connectivity index (χ0n) is 15.1. The third-order valence-electron chi connectivity index (χ3n) is 4.53. The maximum Gasteiger partial charge on any atom is 0.416 e. The second kappa shape index (κ2) is 6.83. The van der Waals surface area contributed by atoms with E-state index in [-0.39, 0.29) is 46.7 Å². The number of aliphatic hydroxyl groups is 1. The predicted molar refractivity (Wildman–Crippen MR) is 92.3 cm³/mol. The summed E-state index contributed by atoms with van der Waals surface area (Å²) in [7, 11) is 0. The minimum atomic E-state index is -4.48. The SMILES string of the molecule is CC1=C(C)C(=O)C(c2ccc(C(F)(F)F)cc2)=C(CCC(C)(C)O)C1=O. The van der Waals surface area contributed by atoms with Crippen molar-refractivity contribution in [3.8, 4) is 0 Å². The Morgan fingerprint density at radius 1 is 0.923 bits per heavy atom. The molecule has 0 atom stereocenters. The molecule has 0 fully saturated rings. The minimum Gasteiger partial charge on any atom is -0.390 e. The van der Waals surface area contributed by atoms with Gasteiger partial charge in [0, 0.05) is 22.3 Å². The first-order valence-electron chi connectivity index (χ1n) is 8.23. The molecule has 1 aromatic rings. The van der Waals surface area contributed by atoms with Gasteiger partial charge in [0.2, 0.25) is 0 Å². The van der Waals surface area contributed by atoms with Crippen LogP contribution in [0.2, 0.25) is 0 Å². The van der Waals surface area contributed by atoms with E-state index in [1.165, 1.54) is 19.1 Å². The minimum absolute atomic E-state index is 0.121. The molecule has 6 heteroatoms. The van der Waals surface area contributed by atoms with Crippen LogP contribution in [0, 0.1) is 0 Å². The van der Waals surface area contributed by atoms with Gasteiger partial charge >= 0.3 is 6.18 Å². The first-order chi connectivity index (χ1) is 11.8. The van der Waals surface area contributed by atoms with Gasteiger partial charge in [-0.05, 0) is 58.2 Å². The van der Waals surface area contributed by atoms with Gasteiger partial charge in [0.15, 0.2) is 11.6 Å². The van der Waals surface area contributed by atoms with Crippen LogP contribution in [0.3, 0.4) is 0 Å². The quantitative estimate of drug-likeness (QED) is 0.799. The highest BCUT2D eigenvalue weighted by Crippen LogP contribution is 2.36. The molecule has 0 saturated carbocycles. The number of hydrogen-bond donors (Lipinski definition) is 1. The maximum atomic E-state index is 12.8. The summed E-state index contributed by atoms with van der Waals surface area (Å²) in [5.41, 5.74) is -0.609. The Balaban J connectivity index is 2.55. The second-order valence-corrected chi connectivity index (χ2v) is 7.15. The van der Waals surface area contributed by atoms with E-state index in [2.05, 4.69) is 0 Å². The number of carbonyl (C=O) groups excluding carboxylic acids is 2. The summed E-state index contributed by atoms with van der Waals surface area (Å²) >= 11 is 0. The molecule has 1 aliphatic carbocycles. The highest BCUT2D eigenvalue weighted by molar-refractivity contribution is 6.39. The van der Waals surface area contributed by atoms with Crippen LogP contribution >= 0.6 is 0 Å². The van der Waals surface area contributed by atoms with E-state index in [9.17, 15) is 27.9 Å². The summed E-state index contributed by atoms with van der Waals surface area (Å²) in [5.74, 6) is -0.672. The van der Waals surface area contributed by atoms with E-state index in [4.69, 9.17) is 0 Å². The molecular weight excluding hydrogens is 345 g/mol. The molecular formula is C20H21F3O3. The fourth-order valence-electron chi connectivity index (χ4n) is 2.81. The van der Waals surface area contributed by atoms with Crippen LogP contribution in [0.15, 0.2) is 41.0 Å². The topological polar surface area (TPSA) is 54.4 Å². The van der Waals surface area contributed by atoms with E-state index in [0.717, 1.165) is 12.1 Å². The van der Waals surface area contributed by atoms with E-state index in [0.29, 0.717) is 5.57 Å². The summed E-state index contributed by atoms with van der Waals surface area (Å²) in [6.45, 7) is 6.28. The van der Waals surface area contributed by atoms with E-state index in [1.807, 2.05) is 0 Å². The number of ketones is 2. The number of Topliss-reactive ketones (excluding diaryl/α,β-unsaturated/α-hetero) is 2. The number of halogens is 3. The molecule has 3 nitrogen and oxygen atoms in total. The van der Waals surface area contributed by atoms with Crippen molar-refractivity contribution in [2.45, 2.75) is 52.3 Å². The molecule has 26 heavy (non-hydrogen) atoms. The monoisotopic (exact) mass is 366 g/mol. The van der Waals surface area contributed by atoms with Crippen molar-refractivity contribution in [2.24, 2.45) is 0 Å². The standard InChI is InChI=1S/C20H21F3O3/c1-11-12(2)18(25)16(15(17(11)24)9-10-19(3,4)26)13-5-7-14(8-6-13)20(21,22)23/h5-8,26H,9-10H2,1-4H3. The van der Waals surface area contributed by atoms with Gasteiger partial charge in [-0.3, -0.25) is 9.59 Å². The van der Waals surface area contributed by atoms with Crippen molar-refractivity contribution < 1.29 is 27.9 Å². The second-order valence-electron chi connectivity index (χ2n) is 7.15. The molecule has 1 aliphatic rings. The van der Waals surface area contributed by atoms with Crippen molar-refractivity contribution in [3.63, 3.8) is 0 Å². The summed E-state index contributed by atoms with van der Waals surface area (Å²) in [4.78, 5) is 25.4. The molecule has 0 radical (unpaired) electrons. The molecule has 0 heterocycles. The van der Waals surface area contributed by atoms with Gasteiger partial charge in [0.1, 0.15) is 0 Å². The normalized spacial score (nSPS) is 16.6. The van der Waals surface area contributed by atoms with Crippen molar-refractivity contribution in [2.75, 3.05) is 0 Å². The Morgan fingerprint density at radius 2 is 1.42 bits per heavy atom. The summed E-state index contributed by atoms with van der Waals surface area (Å²) in [6, 6.07) is 4.21. The molecule has 2 rings (SSSR count). The molecule has 140 valence electrons. The molecule has 0 aliphatic heterocycles. The van der Waals surface area contributed by atoms with Gasteiger partial charge in [-0.2, -0.15) is 13.2 Å². The fraction of sp³-hybridized carbons (Fsp3) is 0.400. The highest BCUT2D eigenvalue weighted by atomic mass is 19.4. The Labute approximate surface area is 150 Å². The van der Waals surface area contributed by atoms with Gasteiger partial charge in [0.25, 0.3) is 0 Å². The number of carbonyl (C=O) groups is 2. The maximum absolute atomic E-state index is 12.8. The fourth-order valence-corrected chi connectivity index (χ4v) is 2.81. The summed E-state index contributed by atoms with van der Waals surface area (Å²) in [5, 5.41) is 9.95. The molecule has 0 spiro atoms. The van der Waals surface area contributed by atoms with Crippen LogP contribution in [-0.2, 0) is 15.8 Å². The lowest BCUT2D eigenvalue weighted by Gasteiger charge is -2.24. The van der Waals surface area contributed by atoms with Crippen LogP contribution in [-0.4, -0.2) is 22.3 Å². The average molecular weight is 366 g/mol. The molecule has 1 aromatic carbocycles. The van der Waals surface area contributed by atoms with E-state index >= 15 is 0 Å². The molecule has 0 aromatic heterocycles. The van der Waals surface area contributed by atoms with Crippen LogP contribution in [0.4, 0.5) is 13.2 Å². The van der Waals surface area contributed by atoms with Gasteiger partial charge in [-0.25, -0.2) is 0 Å². The molecule has 0 amide bonds. The summed E-state index contributed by atoms with van der Waals surface area (Å²) < 4.78 is 38.3. The number of hydrogen-bond acceptors (Lipinski definition) is 3. The van der Waals surface area contributed by atoms with Gasteiger partial charge < -0.3 is 5.11 Å². The van der Waals surface area contributed by atoms with Crippen molar-refractivity contribution >= 4 is 17.1 Å². The highest BCUT2D eigenvalue weighted by Gasteiger charge is 2.33. The molecule has 1 N–H and O–H groups in total. The lowest BCUT2D eigenvalue weighted by Crippen LogP contribution is -2.24.